The fourth-order valence-corrected chi connectivity index (χ4v) is 2.21. The molecule has 0 saturated carbocycles. The van der Waals surface area contributed by atoms with Crippen LogP contribution in [0, 0.1) is 0 Å². The van der Waals surface area contributed by atoms with Gasteiger partial charge in [-0.15, -0.1) is 0 Å². The minimum Gasteiger partial charge on any atom is -0.370 e. The van der Waals surface area contributed by atoms with E-state index in [2.05, 4.69) is 12.0 Å². The summed E-state index contributed by atoms with van der Waals surface area (Å²) < 4.78 is 7.38. The van der Waals surface area contributed by atoms with Gasteiger partial charge < -0.3 is 4.74 Å². The summed E-state index contributed by atoms with van der Waals surface area (Å²) in [5.74, 6) is 0. The average Bonchev–Trinajstić information content (AvgIpc) is 2.90. The van der Waals surface area contributed by atoms with Crippen molar-refractivity contribution in [3.8, 4) is 0 Å². The maximum atomic E-state index is 11.3. The summed E-state index contributed by atoms with van der Waals surface area (Å²) in [5, 5.41) is 4.53. The molecule has 0 bridgehead atoms. The van der Waals surface area contributed by atoms with Gasteiger partial charge in [0.15, 0.2) is 6.29 Å². The molecule has 0 radical (unpaired) electrons. The molecule has 1 heterocycles. The summed E-state index contributed by atoms with van der Waals surface area (Å²) in [6.45, 7) is 2.95. The first-order valence-corrected chi connectivity index (χ1v) is 6.90. The Kier molecular flexibility index (Phi) is 5.07. The standard InChI is InChI=1S/C16H20N2O2/c1-3-4-10-18-11-14(12-19)15(17-18)16(20-2)13-8-6-5-7-9-13/h5-9,11-12,16H,3-4,10H2,1-2H3. The second kappa shape index (κ2) is 7.01. The third kappa shape index (κ3) is 3.14. The lowest BCUT2D eigenvalue weighted by molar-refractivity contribution is 0.110. The molecule has 0 aliphatic carbocycles. The first-order chi connectivity index (χ1) is 9.80. The molecule has 1 atom stereocenters. The van der Waals surface area contributed by atoms with Crippen LogP contribution in [-0.4, -0.2) is 23.2 Å². The summed E-state index contributed by atoms with van der Waals surface area (Å²) in [4.78, 5) is 11.3. The van der Waals surface area contributed by atoms with Gasteiger partial charge in [-0.1, -0.05) is 43.7 Å². The molecule has 20 heavy (non-hydrogen) atoms. The van der Waals surface area contributed by atoms with Crippen molar-refractivity contribution in [1.29, 1.82) is 0 Å². The Morgan fingerprint density at radius 2 is 2.10 bits per heavy atom. The zero-order valence-corrected chi connectivity index (χ0v) is 12.0. The molecule has 0 fully saturated rings. The predicted molar refractivity (Wildman–Crippen MR) is 77.8 cm³/mol. The van der Waals surface area contributed by atoms with Crippen LogP contribution in [0.5, 0.6) is 0 Å². The largest absolute Gasteiger partial charge is 0.370 e. The molecular weight excluding hydrogens is 252 g/mol. The van der Waals surface area contributed by atoms with Crippen molar-refractivity contribution in [3.63, 3.8) is 0 Å². The molecule has 0 aliphatic rings. The van der Waals surface area contributed by atoms with E-state index in [0.717, 1.165) is 31.2 Å². The van der Waals surface area contributed by atoms with Gasteiger partial charge in [0.25, 0.3) is 0 Å². The zero-order chi connectivity index (χ0) is 14.4. The lowest BCUT2D eigenvalue weighted by atomic mass is 10.0. The van der Waals surface area contributed by atoms with Gasteiger partial charge in [-0.3, -0.25) is 9.48 Å². The highest BCUT2D eigenvalue weighted by Gasteiger charge is 2.20. The number of methoxy groups -OCH3 is 1. The molecule has 0 saturated heterocycles. The second-order valence-corrected chi connectivity index (χ2v) is 4.73. The van der Waals surface area contributed by atoms with Crippen LogP contribution in [0.2, 0.25) is 0 Å². The summed E-state index contributed by atoms with van der Waals surface area (Å²) in [6, 6.07) is 9.82. The number of carbonyl (C=O) groups is 1. The molecule has 2 aromatic rings. The van der Waals surface area contributed by atoms with E-state index >= 15 is 0 Å². The minimum absolute atomic E-state index is 0.306. The van der Waals surface area contributed by atoms with Gasteiger partial charge in [-0.25, -0.2) is 0 Å². The van der Waals surface area contributed by atoms with Crippen molar-refractivity contribution in [2.45, 2.75) is 32.4 Å². The van der Waals surface area contributed by atoms with Crippen LogP contribution in [0.25, 0.3) is 0 Å². The highest BCUT2D eigenvalue weighted by molar-refractivity contribution is 5.76. The van der Waals surface area contributed by atoms with Crippen molar-refractivity contribution in [3.05, 3.63) is 53.3 Å². The Balaban J connectivity index is 2.33. The van der Waals surface area contributed by atoms with Gasteiger partial charge in [0.1, 0.15) is 11.8 Å². The number of hydrogen-bond acceptors (Lipinski definition) is 3. The van der Waals surface area contributed by atoms with Gasteiger partial charge in [0.2, 0.25) is 0 Å². The van der Waals surface area contributed by atoms with Crippen LogP contribution in [-0.2, 0) is 11.3 Å². The molecule has 1 unspecified atom stereocenters. The number of nitrogens with zero attached hydrogens (tertiary/aromatic N) is 2. The molecule has 1 aromatic carbocycles. The summed E-state index contributed by atoms with van der Waals surface area (Å²) >= 11 is 0. The lowest BCUT2D eigenvalue weighted by Gasteiger charge is -2.14. The maximum absolute atomic E-state index is 11.3. The fraction of sp³-hybridized carbons (Fsp3) is 0.375. The molecule has 0 N–H and O–H groups in total. The van der Waals surface area contributed by atoms with Crippen molar-refractivity contribution < 1.29 is 9.53 Å². The Hall–Kier alpha value is -1.94. The zero-order valence-electron chi connectivity index (χ0n) is 12.0. The van der Waals surface area contributed by atoms with Crippen LogP contribution < -0.4 is 0 Å². The van der Waals surface area contributed by atoms with E-state index in [-0.39, 0.29) is 6.10 Å². The first-order valence-electron chi connectivity index (χ1n) is 6.90. The number of aryl methyl sites for hydroxylation is 1. The monoisotopic (exact) mass is 272 g/mol. The number of benzene rings is 1. The highest BCUT2D eigenvalue weighted by atomic mass is 16.5. The van der Waals surface area contributed by atoms with Gasteiger partial charge in [-0.2, -0.15) is 5.10 Å². The number of aldehydes is 1. The molecule has 4 heteroatoms. The van der Waals surface area contributed by atoms with E-state index in [1.165, 1.54) is 0 Å². The molecule has 106 valence electrons. The van der Waals surface area contributed by atoms with E-state index in [4.69, 9.17) is 4.74 Å². The third-order valence-corrected chi connectivity index (χ3v) is 3.27. The van der Waals surface area contributed by atoms with Crippen molar-refractivity contribution in [2.24, 2.45) is 0 Å². The fourth-order valence-electron chi connectivity index (χ4n) is 2.21. The minimum atomic E-state index is -0.306. The summed E-state index contributed by atoms with van der Waals surface area (Å²) in [5.41, 5.74) is 2.28. The van der Waals surface area contributed by atoms with E-state index in [0.29, 0.717) is 11.3 Å². The van der Waals surface area contributed by atoms with Crippen LogP contribution in [0.15, 0.2) is 36.5 Å². The van der Waals surface area contributed by atoms with Crippen LogP contribution in [0.1, 0.15) is 47.5 Å². The number of carbonyl (C=O) groups excluding carboxylic acids is 1. The van der Waals surface area contributed by atoms with Crippen LogP contribution in [0.4, 0.5) is 0 Å². The quantitative estimate of drug-likeness (QED) is 0.727. The van der Waals surface area contributed by atoms with Gasteiger partial charge >= 0.3 is 0 Å². The third-order valence-electron chi connectivity index (χ3n) is 3.27. The molecule has 0 spiro atoms. The molecule has 1 aromatic heterocycles. The lowest BCUT2D eigenvalue weighted by Crippen LogP contribution is -2.07. The van der Waals surface area contributed by atoms with E-state index in [1.54, 1.807) is 13.3 Å². The van der Waals surface area contributed by atoms with Crippen molar-refractivity contribution in [1.82, 2.24) is 9.78 Å². The van der Waals surface area contributed by atoms with Gasteiger partial charge in [-0.05, 0) is 12.0 Å². The SMILES string of the molecule is CCCCn1cc(C=O)c(C(OC)c2ccccc2)n1. The predicted octanol–water partition coefficient (Wildman–Crippen LogP) is 3.23. The molecule has 2 rings (SSSR count). The average molecular weight is 272 g/mol. The van der Waals surface area contributed by atoms with Gasteiger partial charge in [0, 0.05) is 19.9 Å². The van der Waals surface area contributed by atoms with E-state index < -0.39 is 0 Å². The van der Waals surface area contributed by atoms with E-state index in [9.17, 15) is 4.79 Å². The molecule has 4 nitrogen and oxygen atoms in total. The number of aromatic nitrogens is 2. The Morgan fingerprint density at radius 1 is 1.35 bits per heavy atom. The first kappa shape index (κ1) is 14.5. The molecule has 0 amide bonds. The molecule has 0 aliphatic heterocycles. The number of rotatable bonds is 7. The Morgan fingerprint density at radius 3 is 2.70 bits per heavy atom. The summed E-state index contributed by atoms with van der Waals surface area (Å²) in [7, 11) is 1.64. The second-order valence-electron chi connectivity index (χ2n) is 4.73. The van der Waals surface area contributed by atoms with Crippen molar-refractivity contribution in [2.75, 3.05) is 7.11 Å². The van der Waals surface area contributed by atoms with Crippen LogP contribution >= 0.6 is 0 Å². The smallest absolute Gasteiger partial charge is 0.153 e. The van der Waals surface area contributed by atoms with Crippen molar-refractivity contribution >= 4 is 6.29 Å². The number of hydrogen-bond donors (Lipinski definition) is 0. The molecular formula is C16H20N2O2. The maximum Gasteiger partial charge on any atom is 0.153 e. The topological polar surface area (TPSA) is 44.1 Å². The van der Waals surface area contributed by atoms with Gasteiger partial charge in [0.05, 0.1) is 5.56 Å². The number of ether oxygens (including phenoxy) is 1. The van der Waals surface area contributed by atoms with Crippen LogP contribution in [0.3, 0.4) is 0 Å². The van der Waals surface area contributed by atoms with E-state index in [1.807, 2.05) is 35.0 Å². The Bertz CT molecular complexity index is 549. The Labute approximate surface area is 119 Å². The highest BCUT2D eigenvalue weighted by Crippen LogP contribution is 2.26. The number of unbranched alkanes of at least 4 members (excludes halogenated alkanes) is 1. The summed E-state index contributed by atoms with van der Waals surface area (Å²) in [6.07, 6.45) is 4.48. The normalized spacial score (nSPS) is 12.3.